The van der Waals surface area contributed by atoms with Crippen LogP contribution >= 0.6 is 0 Å². The monoisotopic (exact) mass is 408 g/mol. The first kappa shape index (κ1) is 26.6. The standard InChI is InChI=1S/C23H40O4Si/c1-6-8-10-11-13-17-23(27-28(3,4)5)19-21(25)15-14-18-22(26-20-24)16-12-9-7-2/h14-15,20,22-23H,6-12,16,18-19H2,1-5H3/b15-14+/t22-,23+/m1/s1. The van der Waals surface area contributed by atoms with Crippen molar-refractivity contribution in [2.75, 3.05) is 0 Å². The number of hydrogen-bond donors (Lipinski definition) is 0. The molecule has 0 rings (SSSR count). The third-order valence-corrected chi connectivity index (χ3v) is 5.12. The Labute approximate surface area is 173 Å². The Balaban J connectivity index is 4.63. The fraction of sp³-hybridized carbons (Fsp3) is 0.739. The van der Waals surface area contributed by atoms with Crippen molar-refractivity contribution >= 4 is 20.6 Å². The molecular formula is C23H40O4Si. The van der Waals surface area contributed by atoms with Crippen LogP contribution in [0.15, 0.2) is 12.2 Å². The Kier molecular flexibility index (Phi) is 15.7. The lowest BCUT2D eigenvalue weighted by Crippen LogP contribution is -2.32. The molecule has 0 aromatic rings. The van der Waals surface area contributed by atoms with E-state index >= 15 is 0 Å². The molecule has 0 aliphatic carbocycles. The van der Waals surface area contributed by atoms with Gasteiger partial charge in [-0.2, -0.15) is 0 Å². The summed E-state index contributed by atoms with van der Waals surface area (Å²) in [6.07, 6.45) is 12.1. The van der Waals surface area contributed by atoms with Gasteiger partial charge in [0.25, 0.3) is 6.47 Å². The van der Waals surface area contributed by atoms with E-state index < -0.39 is 8.32 Å². The molecule has 0 heterocycles. The molecule has 0 saturated carbocycles. The zero-order valence-corrected chi connectivity index (χ0v) is 19.6. The van der Waals surface area contributed by atoms with E-state index in [2.05, 4.69) is 45.3 Å². The Morgan fingerprint density at radius 1 is 1.07 bits per heavy atom. The van der Waals surface area contributed by atoms with Crippen molar-refractivity contribution in [3.05, 3.63) is 12.2 Å². The summed E-state index contributed by atoms with van der Waals surface area (Å²) in [5.74, 6) is 6.34. The molecule has 0 aliphatic rings. The molecule has 0 radical (unpaired) electrons. The molecule has 0 aliphatic heterocycles. The molecule has 0 spiro atoms. The second kappa shape index (κ2) is 16.6. The van der Waals surface area contributed by atoms with Crippen LogP contribution in [0.2, 0.25) is 19.6 Å². The first-order valence-corrected chi connectivity index (χ1v) is 14.2. The molecule has 0 N–H and O–H groups in total. The van der Waals surface area contributed by atoms with E-state index in [1.807, 2.05) is 6.08 Å². The van der Waals surface area contributed by atoms with E-state index in [0.29, 0.717) is 12.9 Å². The number of ether oxygens (including phenoxy) is 1. The van der Waals surface area contributed by atoms with Gasteiger partial charge in [0.05, 0.1) is 0 Å². The second-order valence-electron chi connectivity index (χ2n) is 8.16. The molecule has 0 unspecified atom stereocenters. The van der Waals surface area contributed by atoms with Crippen molar-refractivity contribution < 1.29 is 18.8 Å². The average molecular weight is 409 g/mol. The third-order valence-electron chi connectivity index (χ3n) is 4.13. The van der Waals surface area contributed by atoms with Gasteiger partial charge in [0.2, 0.25) is 0 Å². The number of rotatable bonds is 16. The largest absolute Gasteiger partial charge is 0.464 e. The lowest BCUT2D eigenvalue weighted by Gasteiger charge is -2.22. The van der Waals surface area contributed by atoms with Gasteiger partial charge in [-0.25, -0.2) is 0 Å². The second-order valence-corrected chi connectivity index (χ2v) is 12.6. The van der Waals surface area contributed by atoms with Crippen molar-refractivity contribution in [3.63, 3.8) is 0 Å². The lowest BCUT2D eigenvalue weighted by molar-refractivity contribution is -0.133. The summed E-state index contributed by atoms with van der Waals surface area (Å²) >= 11 is 0. The molecule has 0 saturated heterocycles. The van der Waals surface area contributed by atoms with Crippen LogP contribution in [-0.2, 0) is 18.8 Å². The highest BCUT2D eigenvalue weighted by molar-refractivity contribution is 6.69. The van der Waals surface area contributed by atoms with Gasteiger partial charge in [0, 0.05) is 19.3 Å². The highest BCUT2D eigenvalue weighted by Gasteiger charge is 2.21. The third kappa shape index (κ3) is 16.8. The summed E-state index contributed by atoms with van der Waals surface area (Å²) in [4.78, 5) is 23.0. The van der Waals surface area contributed by atoms with Crippen LogP contribution in [0.4, 0.5) is 0 Å². The van der Waals surface area contributed by atoms with Crippen molar-refractivity contribution in [2.45, 2.75) is 110 Å². The van der Waals surface area contributed by atoms with E-state index in [4.69, 9.17) is 9.16 Å². The minimum Gasteiger partial charge on any atom is -0.464 e. The average Bonchev–Trinajstić information content (AvgIpc) is 2.60. The van der Waals surface area contributed by atoms with Crippen LogP contribution in [-0.4, -0.2) is 32.8 Å². The van der Waals surface area contributed by atoms with Gasteiger partial charge in [-0.1, -0.05) is 51.5 Å². The SMILES string of the molecule is CCCCCC#C[C@@H](CC(=O)/C=C/C[C@@H](CCCCC)OC=O)O[Si](C)(C)C. The smallest absolute Gasteiger partial charge is 0.293 e. The van der Waals surface area contributed by atoms with Crippen LogP contribution in [0.25, 0.3) is 0 Å². The van der Waals surface area contributed by atoms with Gasteiger partial charge < -0.3 is 9.16 Å². The highest BCUT2D eigenvalue weighted by atomic mass is 28.4. The number of carbonyl (C=O) groups is 2. The van der Waals surface area contributed by atoms with Gasteiger partial charge in [-0.05, 0) is 45.0 Å². The zero-order chi connectivity index (χ0) is 21.3. The normalized spacial score (nSPS) is 13.6. The number of carbonyl (C=O) groups excluding carboxylic acids is 2. The Hall–Kier alpha value is -1.38. The summed E-state index contributed by atoms with van der Waals surface area (Å²) in [6.45, 7) is 11.1. The molecule has 0 aromatic carbocycles. The van der Waals surface area contributed by atoms with Gasteiger partial charge in [0.15, 0.2) is 14.1 Å². The molecule has 0 aromatic heterocycles. The first-order valence-electron chi connectivity index (χ1n) is 10.8. The molecule has 0 fully saturated rings. The summed E-state index contributed by atoms with van der Waals surface area (Å²) in [6, 6.07) is 0. The molecule has 28 heavy (non-hydrogen) atoms. The maximum atomic E-state index is 12.3. The van der Waals surface area contributed by atoms with Crippen LogP contribution in [0, 0.1) is 11.8 Å². The van der Waals surface area contributed by atoms with E-state index in [0.717, 1.165) is 38.5 Å². The van der Waals surface area contributed by atoms with Crippen molar-refractivity contribution in [1.29, 1.82) is 0 Å². The Morgan fingerprint density at radius 3 is 2.36 bits per heavy atom. The number of unbranched alkanes of at least 4 members (excludes halogenated alkanes) is 5. The minimum atomic E-state index is -1.78. The van der Waals surface area contributed by atoms with Crippen LogP contribution in [0.1, 0.15) is 78.1 Å². The summed E-state index contributed by atoms with van der Waals surface area (Å²) in [7, 11) is -1.78. The lowest BCUT2D eigenvalue weighted by atomic mass is 10.1. The van der Waals surface area contributed by atoms with Gasteiger partial charge in [0.1, 0.15) is 12.2 Å². The summed E-state index contributed by atoms with van der Waals surface area (Å²) < 4.78 is 11.2. The number of ketones is 1. The predicted octanol–water partition coefficient (Wildman–Crippen LogP) is 5.82. The van der Waals surface area contributed by atoms with Gasteiger partial charge in [-0.3, -0.25) is 9.59 Å². The van der Waals surface area contributed by atoms with Crippen LogP contribution in [0.3, 0.4) is 0 Å². The number of hydrogen-bond acceptors (Lipinski definition) is 4. The van der Waals surface area contributed by atoms with Crippen LogP contribution in [0.5, 0.6) is 0 Å². The fourth-order valence-electron chi connectivity index (χ4n) is 2.74. The highest BCUT2D eigenvalue weighted by Crippen LogP contribution is 2.13. The molecular weight excluding hydrogens is 368 g/mol. The topological polar surface area (TPSA) is 52.6 Å². The maximum absolute atomic E-state index is 12.3. The molecule has 160 valence electrons. The molecule has 2 atom stereocenters. The number of allylic oxidation sites excluding steroid dienone is 1. The molecule has 4 nitrogen and oxygen atoms in total. The maximum Gasteiger partial charge on any atom is 0.293 e. The Morgan fingerprint density at radius 2 is 1.75 bits per heavy atom. The van der Waals surface area contributed by atoms with Crippen molar-refractivity contribution in [1.82, 2.24) is 0 Å². The van der Waals surface area contributed by atoms with Crippen molar-refractivity contribution in [3.8, 4) is 11.8 Å². The summed E-state index contributed by atoms with van der Waals surface area (Å²) in [5, 5.41) is 0. The quantitative estimate of drug-likeness (QED) is 0.106. The minimum absolute atomic E-state index is 0.00418. The first-order chi connectivity index (χ1) is 13.3. The molecule has 5 heteroatoms. The van der Waals surface area contributed by atoms with E-state index in [1.54, 1.807) is 6.08 Å². The summed E-state index contributed by atoms with van der Waals surface area (Å²) in [5.41, 5.74) is 0. The van der Waals surface area contributed by atoms with Crippen molar-refractivity contribution in [2.24, 2.45) is 0 Å². The fourth-order valence-corrected chi connectivity index (χ4v) is 3.74. The van der Waals surface area contributed by atoms with Gasteiger partial charge >= 0.3 is 0 Å². The Bertz CT molecular complexity index is 511. The zero-order valence-electron chi connectivity index (χ0n) is 18.6. The predicted molar refractivity (Wildman–Crippen MR) is 119 cm³/mol. The van der Waals surface area contributed by atoms with E-state index in [9.17, 15) is 9.59 Å². The molecule has 0 bridgehead atoms. The van der Waals surface area contributed by atoms with Gasteiger partial charge in [-0.15, -0.1) is 5.92 Å². The van der Waals surface area contributed by atoms with Crippen LogP contribution < -0.4 is 0 Å². The van der Waals surface area contributed by atoms with E-state index in [1.165, 1.54) is 12.8 Å². The molecule has 0 amide bonds. The van der Waals surface area contributed by atoms with E-state index in [-0.39, 0.29) is 24.4 Å².